The molecule has 0 saturated carbocycles. The highest BCUT2D eigenvalue weighted by Crippen LogP contribution is 2.49. The molecule has 27 heavy (non-hydrogen) atoms. The second-order valence-electron chi connectivity index (χ2n) is 5.77. The number of aromatic nitrogens is 2. The zero-order valence-corrected chi connectivity index (χ0v) is 15.6. The van der Waals surface area contributed by atoms with Crippen LogP contribution in [0.4, 0.5) is 29.0 Å². The summed E-state index contributed by atoms with van der Waals surface area (Å²) in [4.78, 5) is 9.45. The van der Waals surface area contributed by atoms with Crippen LogP contribution >= 0.6 is 11.6 Å². The van der Waals surface area contributed by atoms with Gasteiger partial charge in [0.1, 0.15) is 5.75 Å². The van der Waals surface area contributed by atoms with E-state index >= 15 is 0 Å². The SMILES string of the molecule is COc1cccc(N2c3cc(Cl)ccc3S(=O)(=O)c3c(N)nc(N)nc32)c1. The van der Waals surface area contributed by atoms with Crippen LogP contribution in [0.15, 0.2) is 52.3 Å². The fraction of sp³-hybridized carbons (Fsp3) is 0.0588. The molecule has 0 spiro atoms. The first-order valence-electron chi connectivity index (χ1n) is 7.74. The highest BCUT2D eigenvalue weighted by molar-refractivity contribution is 7.92. The number of hydrogen-bond acceptors (Lipinski definition) is 8. The van der Waals surface area contributed by atoms with Crippen LogP contribution in [0.5, 0.6) is 5.75 Å². The number of sulfone groups is 1. The van der Waals surface area contributed by atoms with Crippen molar-refractivity contribution in [3.63, 3.8) is 0 Å². The number of benzene rings is 2. The second kappa shape index (κ2) is 6.00. The van der Waals surface area contributed by atoms with Crippen LogP contribution in [-0.4, -0.2) is 25.5 Å². The Hall–Kier alpha value is -3.04. The number of methoxy groups -OCH3 is 1. The molecule has 138 valence electrons. The van der Waals surface area contributed by atoms with Gasteiger partial charge in [-0.1, -0.05) is 17.7 Å². The number of ether oxygens (including phenoxy) is 1. The first-order valence-corrected chi connectivity index (χ1v) is 9.61. The molecule has 0 atom stereocenters. The summed E-state index contributed by atoms with van der Waals surface area (Å²) in [6.45, 7) is 0. The Labute approximate surface area is 160 Å². The lowest BCUT2D eigenvalue weighted by Crippen LogP contribution is -2.25. The van der Waals surface area contributed by atoms with Gasteiger partial charge in [0.15, 0.2) is 16.5 Å². The lowest BCUT2D eigenvalue weighted by atomic mass is 10.2. The molecule has 0 aliphatic carbocycles. The normalized spacial score (nSPS) is 14.4. The van der Waals surface area contributed by atoms with Crippen molar-refractivity contribution in [2.75, 3.05) is 23.5 Å². The van der Waals surface area contributed by atoms with Gasteiger partial charge in [0.05, 0.1) is 23.4 Å². The number of rotatable bonds is 2. The number of fused-ring (bicyclic) bond motifs is 2. The van der Waals surface area contributed by atoms with Crippen molar-refractivity contribution in [1.82, 2.24) is 9.97 Å². The van der Waals surface area contributed by atoms with Gasteiger partial charge in [-0.15, -0.1) is 0 Å². The Morgan fingerprint density at radius 3 is 2.63 bits per heavy atom. The lowest BCUT2D eigenvalue weighted by molar-refractivity contribution is 0.415. The van der Waals surface area contributed by atoms with E-state index in [-0.39, 0.29) is 27.4 Å². The Balaban J connectivity index is 2.12. The maximum absolute atomic E-state index is 13.1. The zero-order chi connectivity index (χ0) is 19.3. The van der Waals surface area contributed by atoms with E-state index < -0.39 is 9.84 Å². The minimum atomic E-state index is -3.96. The van der Waals surface area contributed by atoms with Crippen molar-refractivity contribution in [2.24, 2.45) is 0 Å². The molecule has 8 nitrogen and oxygen atoms in total. The third kappa shape index (κ3) is 2.63. The van der Waals surface area contributed by atoms with E-state index in [0.717, 1.165) is 0 Å². The van der Waals surface area contributed by atoms with Crippen LogP contribution in [-0.2, 0) is 9.84 Å². The number of halogens is 1. The Morgan fingerprint density at radius 1 is 1.11 bits per heavy atom. The van der Waals surface area contributed by atoms with Gasteiger partial charge in [0.2, 0.25) is 15.8 Å². The Kier molecular flexibility index (Phi) is 3.86. The first-order chi connectivity index (χ1) is 12.8. The molecule has 0 fully saturated rings. The smallest absolute Gasteiger partial charge is 0.224 e. The molecular weight excluding hydrogens is 390 g/mol. The standard InChI is InChI=1S/C17H14ClN5O3S/c1-26-11-4-2-3-10(8-11)23-12-7-9(18)5-6-13(12)27(24,25)14-15(19)21-17(20)22-16(14)23/h2-8H,1H3,(H4,19,20,21,22). The monoisotopic (exact) mass is 403 g/mol. The molecule has 3 aromatic rings. The minimum absolute atomic E-state index is 0.0438. The predicted octanol–water partition coefficient (Wildman–Crippen LogP) is 2.92. The van der Waals surface area contributed by atoms with E-state index in [4.69, 9.17) is 27.8 Å². The molecule has 10 heteroatoms. The highest BCUT2D eigenvalue weighted by Gasteiger charge is 2.39. The van der Waals surface area contributed by atoms with Gasteiger partial charge in [-0.05, 0) is 30.3 Å². The Morgan fingerprint density at radius 2 is 1.89 bits per heavy atom. The topological polar surface area (TPSA) is 124 Å². The van der Waals surface area contributed by atoms with Gasteiger partial charge in [0, 0.05) is 11.1 Å². The third-order valence-electron chi connectivity index (χ3n) is 4.13. The first kappa shape index (κ1) is 17.4. The molecule has 0 amide bonds. The molecule has 0 unspecified atom stereocenters. The third-order valence-corrected chi connectivity index (χ3v) is 6.22. The predicted molar refractivity (Wildman–Crippen MR) is 103 cm³/mol. The van der Waals surface area contributed by atoms with Crippen molar-refractivity contribution in [3.05, 3.63) is 47.5 Å². The molecule has 2 heterocycles. The number of nitrogens with two attached hydrogens (primary N) is 2. The second-order valence-corrected chi connectivity index (χ2v) is 8.06. The minimum Gasteiger partial charge on any atom is -0.497 e. The quantitative estimate of drug-likeness (QED) is 0.523. The average molecular weight is 404 g/mol. The molecule has 1 aliphatic heterocycles. The van der Waals surface area contributed by atoms with Crippen molar-refractivity contribution in [3.8, 4) is 5.75 Å². The van der Waals surface area contributed by atoms with Crippen molar-refractivity contribution in [1.29, 1.82) is 0 Å². The van der Waals surface area contributed by atoms with Crippen molar-refractivity contribution >= 4 is 50.4 Å². The summed E-state index contributed by atoms with van der Waals surface area (Å²) >= 11 is 6.14. The fourth-order valence-corrected chi connectivity index (χ4v) is 4.77. The van der Waals surface area contributed by atoms with Gasteiger partial charge in [0.25, 0.3) is 0 Å². The van der Waals surface area contributed by atoms with Crippen LogP contribution in [0.25, 0.3) is 0 Å². The molecule has 1 aliphatic rings. The molecule has 4 N–H and O–H groups in total. The van der Waals surface area contributed by atoms with E-state index in [1.807, 2.05) is 0 Å². The highest BCUT2D eigenvalue weighted by atomic mass is 35.5. The molecule has 0 bridgehead atoms. The van der Waals surface area contributed by atoms with Crippen LogP contribution in [0.2, 0.25) is 5.02 Å². The van der Waals surface area contributed by atoms with Crippen LogP contribution in [0.1, 0.15) is 0 Å². The molecular formula is C17H14ClN5O3S. The van der Waals surface area contributed by atoms with E-state index in [2.05, 4.69) is 9.97 Å². The fourth-order valence-electron chi connectivity index (χ4n) is 3.01. The van der Waals surface area contributed by atoms with E-state index in [9.17, 15) is 8.42 Å². The molecule has 0 saturated heterocycles. The maximum atomic E-state index is 13.1. The number of nitrogens with zero attached hydrogens (tertiary/aromatic N) is 3. The van der Waals surface area contributed by atoms with Crippen LogP contribution in [0.3, 0.4) is 0 Å². The van der Waals surface area contributed by atoms with E-state index in [1.165, 1.54) is 19.2 Å². The molecule has 0 radical (unpaired) electrons. The summed E-state index contributed by atoms with van der Waals surface area (Å²) in [5.74, 6) is 0.287. The van der Waals surface area contributed by atoms with Crippen molar-refractivity contribution < 1.29 is 13.2 Å². The Bertz CT molecular complexity index is 1180. The van der Waals surface area contributed by atoms with Gasteiger partial charge in [-0.25, -0.2) is 8.42 Å². The van der Waals surface area contributed by atoms with Gasteiger partial charge >= 0.3 is 0 Å². The van der Waals surface area contributed by atoms with Crippen molar-refractivity contribution in [2.45, 2.75) is 9.79 Å². The summed E-state index contributed by atoms with van der Waals surface area (Å²) in [6, 6.07) is 11.5. The summed E-state index contributed by atoms with van der Waals surface area (Å²) in [5.41, 5.74) is 12.6. The summed E-state index contributed by atoms with van der Waals surface area (Å²) in [7, 11) is -2.42. The van der Waals surface area contributed by atoms with E-state index in [1.54, 1.807) is 35.2 Å². The van der Waals surface area contributed by atoms with Gasteiger partial charge in [-0.2, -0.15) is 9.97 Å². The number of nitrogen functional groups attached to an aromatic ring is 2. The molecule has 1 aromatic heterocycles. The lowest BCUT2D eigenvalue weighted by Gasteiger charge is -2.32. The summed E-state index contributed by atoms with van der Waals surface area (Å²) in [5, 5.41) is 0.371. The number of hydrogen-bond donors (Lipinski definition) is 2. The molecule has 4 rings (SSSR count). The van der Waals surface area contributed by atoms with Gasteiger partial charge < -0.3 is 16.2 Å². The van der Waals surface area contributed by atoms with Crippen LogP contribution in [0, 0.1) is 0 Å². The largest absolute Gasteiger partial charge is 0.497 e. The number of anilines is 5. The maximum Gasteiger partial charge on any atom is 0.224 e. The van der Waals surface area contributed by atoms with Gasteiger partial charge in [-0.3, -0.25) is 4.90 Å². The van der Waals surface area contributed by atoms with E-state index in [0.29, 0.717) is 22.1 Å². The van der Waals surface area contributed by atoms with Crippen LogP contribution < -0.4 is 21.1 Å². The summed E-state index contributed by atoms with van der Waals surface area (Å²) in [6.07, 6.45) is 0. The average Bonchev–Trinajstić information content (AvgIpc) is 2.60. The summed E-state index contributed by atoms with van der Waals surface area (Å²) < 4.78 is 31.6. The zero-order valence-electron chi connectivity index (χ0n) is 14.0. The molecule has 2 aromatic carbocycles.